The fourth-order valence-electron chi connectivity index (χ4n) is 9.99. The van der Waals surface area contributed by atoms with Crippen molar-refractivity contribution in [3.8, 4) is 0 Å². The van der Waals surface area contributed by atoms with E-state index in [2.05, 4.69) is 31.3 Å². The van der Waals surface area contributed by atoms with Gasteiger partial charge in [0, 0.05) is 12.8 Å². The molecule has 6 nitrogen and oxygen atoms in total. The van der Waals surface area contributed by atoms with Crippen molar-refractivity contribution in [1.29, 1.82) is 0 Å². The van der Waals surface area contributed by atoms with E-state index in [4.69, 9.17) is 4.74 Å². The van der Waals surface area contributed by atoms with Gasteiger partial charge in [-0.05, 0) is 51.4 Å². The van der Waals surface area contributed by atoms with Crippen molar-refractivity contribution in [3.63, 3.8) is 0 Å². The van der Waals surface area contributed by atoms with Gasteiger partial charge in [-0.3, -0.25) is 9.59 Å². The maximum Gasteiger partial charge on any atom is 0.305 e. The van der Waals surface area contributed by atoms with Gasteiger partial charge in [0.1, 0.15) is 0 Å². The molecular formula is C63H123NO5. The Bertz CT molecular complexity index is 1030. The van der Waals surface area contributed by atoms with Crippen LogP contribution in [0.4, 0.5) is 0 Å². The number of carbonyl (C=O) groups is 2. The monoisotopic (exact) mass is 974 g/mol. The largest absolute Gasteiger partial charge is 0.466 e. The molecule has 2 atom stereocenters. The third kappa shape index (κ3) is 55.8. The van der Waals surface area contributed by atoms with Crippen LogP contribution in [-0.2, 0) is 14.3 Å². The van der Waals surface area contributed by atoms with Gasteiger partial charge in [-0.2, -0.15) is 0 Å². The van der Waals surface area contributed by atoms with Gasteiger partial charge in [-0.25, -0.2) is 0 Å². The van der Waals surface area contributed by atoms with Crippen LogP contribution < -0.4 is 5.32 Å². The van der Waals surface area contributed by atoms with Crippen molar-refractivity contribution in [2.75, 3.05) is 13.2 Å². The second-order valence-corrected chi connectivity index (χ2v) is 21.7. The standard InChI is InChI=1S/C63H123NO5/c1-3-5-7-9-11-13-15-17-19-21-25-29-33-37-41-45-49-53-57-63(68)69-58-54-50-46-42-38-34-30-26-23-22-24-28-32-36-40-44-48-52-56-62(67)64-60(59-65)61(66)55-51-47-43-39-35-31-27-20-18-16-14-12-10-8-6-4-2/h19,21,60-61,65-66H,3-18,20,22-59H2,1-2H3,(H,64,67)/b21-19-. The molecule has 0 saturated heterocycles. The fourth-order valence-corrected chi connectivity index (χ4v) is 9.99. The van der Waals surface area contributed by atoms with Crippen LogP contribution in [0.2, 0.25) is 0 Å². The zero-order valence-electron chi connectivity index (χ0n) is 46.8. The molecule has 0 radical (unpaired) electrons. The number of ether oxygens (including phenoxy) is 1. The number of nitrogens with one attached hydrogen (secondary N) is 1. The van der Waals surface area contributed by atoms with Crippen molar-refractivity contribution < 1.29 is 24.5 Å². The first-order valence-electron chi connectivity index (χ1n) is 31.4. The number of allylic oxidation sites excluding steroid dienone is 2. The molecular weight excluding hydrogens is 851 g/mol. The molecule has 0 aromatic carbocycles. The predicted octanol–water partition coefficient (Wildman–Crippen LogP) is 19.6. The van der Waals surface area contributed by atoms with E-state index in [-0.39, 0.29) is 18.5 Å². The second-order valence-electron chi connectivity index (χ2n) is 21.7. The average molecular weight is 975 g/mol. The van der Waals surface area contributed by atoms with E-state index in [0.717, 1.165) is 44.9 Å². The van der Waals surface area contributed by atoms with E-state index in [9.17, 15) is 19.8 Å². The normalized spacial score (nSPS) is 12.6. The molecule has 0 aliphatic rings. The highest BCUT2D eigenvalue weighted by molar-refractivity contribution is 5.76. The summed E-state index contributed by atoms with van der Waals surface area (Å²) in [5.41, 5.74) is 0. The van der Waals surface area contributed by atoms with E-state index in [1.165, 1.54) is 276 Å². The molecule has 0 aliphatic carbocycles. The first kappa shape index (κ1) is 67.6. The van der Waals surface area contributed by atoms with Crippen LogP contribution in [0, 0.1) is 0 Å². The molecule has 0 spiro atoms. The third-order valence-electron chi connectivity index (χ3n) is 14.8. The second kappa shape index (κ2) is 59.2. The number of hydrogen-bond donors (Lipinski definition) is 3. The summed E-state index contributed by atoms with van der Waals surface area (Å²) in [7, 11) is 0. The molecule has 0 aromatic heterocycles. The molecule has 0 aliphatic heterocycles. The van der Waals surface area contributed by atoms with Gasteiger partial charge in [0.15, 0.2) is 0 Å². The summed E-state index contributed by atoms with van der Waals surface area (Å²) in [6.07, 6.45) is 70.7. The number of hydrogen-bond acceptors (Lipinski definition) is 5. The van der Waals surface area contributed by atoms with E-state index >= 15 is 0 Å². The number of unbranched alkanes of at least 4 members (excludes halogenated alkanes) is 46. The lowest BCUT2D eigenvalue weighted by Gasteiger charge is -2.22. The Kier molecular flexibility index (Phi) is 58.0. The summed E-state index contributed by atoms with van der Waals surface area (Å²) in [6, 6.07) is -0.544. The molecule has 6 heteroatoms. The minimum Gasteiger partial charge on any atom is -0.466 e. The quantitative estimate of drug-likeness (QED) is 0.0321. The Morgan fingerprint density at radius 3 is 1.03 bits per heavy atom. The summed E-state index contributed by atoms with van der Waals surface area (Å²) >= 11 is 0. The van der Waals surface area contributed by atoms with Gasteiger partial charge in [0.05, 0.1) is 25.4 Å². The number of rotatable bonds is 59. The lowest BCUT2D eigenvalue weighted by atomic mass is 10.0. The summed E-state index contributed by atoms with van der Waals surface area (Å²) < 4.78 is 5.49. The highest BCUT2D eigenvalue weighted by atomic mass is 16.5. The highest BCUT2D eigenvalue weighted by Gasteiger charge is 2.20. The van der Waals surface area contributed by atoms with Gasteiger partial charge in [-0.1, -0.05) is 302 Å². The van der Waals surface area contributed by atoms with Crippen LogP contribution in [0.1, 0.15) is 354 Å². The molecule has 410 valence electrons. The zero-order chi connectivity index (χ0) is 50.0. The minimum atomic E-state index is -0.666. The highest BCUT2D eigenvalue weighted by Crippen LogP contribution is 2.18. The smallest absolute Gasteiger partial charge is 0.305 e. The summed E-state index contributed by atoms with van der Waals surface area (Å²) in [5, 5.41) is 23.3. The van der Waals surface area contributed by atoms with E-state index < -0.39 is 12.1 Å². The molecule has 0 aromatic rings. The van der Waals surface area contributed by atoms with Crippen molar-refractivity contribution >= 4 is 11.9 Å². The summed E-state index contributed by atoms with van der Waals surface area (Å²) in [6.45, 7) is 4.97. The number of aliphatic hydroxyl groups is 2. The topological polar surface area (TPSA) is 95.9 Å². The Morgan fingerprint density at radius 2 is 0.681 bits per heavy atom. The minimum absolute atomic E-state index is 0.00538. The number of carbonyl (C=O) groups excluding carboxylic acids is 2. The van der Waals surface area contributed by atoms with Crippen LogP contribution >= 0.6 is 0 Å². The van der Waals surface area contributed by atoms with Crippen LogP contribution in [0.5, 0.6) is 0 Å². The van der Waals surface area contributed by atoms with Gasteiger partial charge in [-0.15, -0.1) is 0 Å². The van der Waals surface area contributed by atoms with Crippen molar-refractivity contribution in [2.24, 2.45) is 0 Å². The van der Waals surface area contributed by atoms with Crippen LogP contribution in [0.15, 0.2) is 12.2 Å². The first-order valence-corrected chi connectivity index (χ1v) is 31.4. The van der Waals surface area contributed by atoms with Crippen LogP contribution in [0.25, 0.3) is 0 Å². The van der Waals surface area contributed by atoms with E-state index in [1.54, 1.807) is 0 Å². The molecule has 0 bridgehead atoms. The molecule has 0 fully saturated rings. The maximum absolute atomic E-state index is 12.5. The van der Waals surface area contributed by atoms with Crippen LogP contribution in [-0.4, -0.2) is 47.4 Å². The van der Waals surface area contributed by atoms with Crippen LogP contribution in [0.3, 0.4) is 0 Å². The Labute approximate surface area is 431 Å². The molecule has 2 unspecified atom stereocenters. The Balaban J connectivity index is 3.39. The lowest BCUT2D eigenvalue weighted by Crippen LogP contribution is -2.45. The average Bonchev–Trinajstić information content (AvgIpc) is 3.35. The molecule has 69 heavy (non-hydrogen) atoms. The molecule has 0 saturated carbocycles. The van der Waals surface area contributed by atoms with E-state index in [0.29, 0.717) is 25.9 Å². The van der Waals surface area contributed by atoms with Crippen molar-refractivity contribution in [3.05, 3.63) is 12.2 Å². The predicted molar refractivity (Wildman–Crippen MR) is 301 cm³/mol. The van der Waals surface area contributed by atoms with E-state index in [1.807, 2.05) is 0 Å². The van der Waals surface area contributed by atoms with Gasteiger partial charge in [0.25, 0.3) is 0 Å². The first-order chi connectivity index (χ1) is 34.0. The zero-order valence-corrected chi connectivity index (χ0v) is 46.8. The Morgan fingerprint density at radius 1 is 0.391 bits per heavy atom. The lowest BCUT2D eigenvalue weighted by molar-refractivity contribution is -0.143. The molecule has 3 N–H and O–H groups in total. The summed E-state index contributed by atoms with van der Waals surface area (Å²) in [5.74, 6) is -0.0308. The molecule has 1 amide bonds. The molecule has 0 heterocycles. The third-order valence-corrected chi connectivity index (χ3v) is 14.8. The van der Waals surface area contributed by atoms with Gasteiger partial charge < -0.3 is 20.3 Å². The fraction of sp³-hybridized carbons (Fsp3) is 0.937. The number of aliphatic hydroxyl groups excluding tert-OH is 2. The van der Waals surface area contributed by atoms with Gasteiger partial charge >= 0.3 is 5.97 Å². The van der Waals surface area contributed by atoms with Gasteiger partial charge in [0.2, 0.25) is 5.91 Å². The molecule has 0 rings (SSSR count). The van der Waals surface area contributed by atoms with Crippen molar-refractivity contribution in [1.82, 2.24) is 5.32 Å². The number of esters is 1. The maximum atomic E-state index is 12.5. The summed E-state index contributed by atoms with van der Waals surface area (Å²) in [4.78, 5) is 24.6. The van der Waals surface area contributed by atoms with Crippen molar-refractivity contribution in [2.45, 2.75) is 366 Å². The Hall–Kier alpha value is -1.40. The SMILES string of the molecule is CCCCCCCCC/C=C\CCCCCCCCCC(=O)OCCCCCCCCCCCCCCCCCCCCC(=O)NC(CO)C(O)CCCCCCCCCCCCCCCCCC. The number of amides is 1.